The molecule has 1 aromatic heterocycles. The van der Waals surface area contributed by atoms with Gasteiger partial charge < -0.3 is 10.0 Å². The van der Waals surface area contributed by atoms with Gasteiger partial charge in [0.2, 0.25) is 0 Å². The molecule has 0 atom stereocenters. The molecule has 0 amide bonds. The van der Waals surface area contributed by atoms with Gasteiger partial charge in [0.25, 0.3) is 0 Å². The molecule has 0 spiro atoms. The highest BCUT2D eigenvalue weighted by Gasteiger charge is 2.15. The lowest BCUT2D eigenvalue weighted by molar-refractivity contribution is 0.0697. The highest BCUT2D eigenvalue weighted by atomic mass is 32.1. The zero-order chi connectivity index (χ0) is 14.0. The number of benzene rings is 1. The quantitative estimate of drug-likeness (QED) is 0.935. The zero-order valence-corrected chi connectivity index (χ0v) is 11.4. The number of aromatic nitrogens is 1. The predicted molar refractivity (Wildman–Crippen MR) is 72.3 cm³/mol. The van der Waals surface area contributed by atoms with Crippen molar-refractivity contribution in [3.63, 3.8) is 0 Å². The molecular weight excluding hydrogens is 267 g/mol. The number of rotatable bonds is 4. The van der Waals surface area contributed by atoms with Crippen molar-refractivity contribution >= 4 is 23.0 Å². The third kappa shape index (κ3) is 3.08. The molecule has 6 heteroatoms. The normalized spacial score (nSPS) is 10.5. The molecule has 0 aliphatic heterocycles. The first-order chi connectivity index (χ1) is 8.97. The summed E-state index contributed by atoms with van der Waals surface area (Å²) in [4.78, 5) is 17.2. The van der Waals surface area contributed by atoms with E-state index in [4.69, 9.17) is 5.11 Å². The van der Waals surface area contributed by atoms with Crippen molar-refractivity contribution < 1.29 is 14.3 Å². The van der Waals surface area contributed by atoms with Gasteiger partial charge in [0.1, 0.15) is 5.82 Å². The molecule has 0 bridgehead atoms. The third-order valence-corrected chi connectivity index (χ3v) is 3.49. The second-order valence-electron chi connectivity index (χ2n) is 4.18. The number of carboxylic acid groups (broad SMARTS) is 1. The minimum Gasteiger partial charge on any atom is -0.478 e. The number of nitrogens with zero attached hydrogens (tertiary/aromatic N) is 2. The summed E-state index contributed by atoms with van der Waals surface area (Å²) in [5, 5.41) is 12.0. The highest BCUT2D eigenvalue weighted by molar-refractivity contribution is 7.09. The van der Waals surface area contributed by atoms with Gasteiger partial charge >= 0.3 is 5.97 Å². The molecule has 1 heterocycles. The Morgan fingerprint density at radius 3 is 2.84 bits per heavy atom. The van der Waals surface area contributed by atoms with Gasteiger partial charge in [-0.05, 0) is 25.1 Å². The topological polar surface area (TPSA) is 53.4 Å². The standard InChI is InChI=1S/C13H13FN2O2S/c1-8-15-10(7-19-8)6-16(2)12-4-3-9(14)5-11(12)13(17)18/h3-5,7H,6H2,1-2H3,(H,17,18). The number of thiazole rings is 1. The van der Waals surface area contributed by atoms with Gasteiger partial charge in [0.15, 0.2) is 0 Å². The second-order valence-corrected chi connectivity index (χ2v) is 5.24. The lowest BCUT2D eigenvalue weighted by atomic mass is 10.1. The number of aromatic carboxylic acids is 1. The maximum absolute atomic E-state index is 13.1. The van der Waals surface area contributed by atoms with Gasteiger partial charge in [-0.2, -0.15) is 0 Å². The van der Waals surface area contributed by atoms with Crippen LogP contribution in [0.3, 0.4) is 0 Å². The average Bonchev–Trinajstić information content (AvgIpc) is 2.74. The van der Waals surface area contributed by atoms with Gasteiger partial charge in [-0.1, -0.05) is 0 Å². The number of carbonyl (C=O) groups is 1. The summed E-state index contributed by atoms with van der Waals surface area (Å²) in [5.41, 5.74) is 1.29. The van der Waals surface area contributed by atoms with E-state index in [2.05, 4.69) is 4.98 Å². The van der Waals surface area contributed by atoms with Crippen LogP contribution in [0.2, 0.25) is 0 Å². The van der Waals surface area contributed by atoms with Crippen molar-refractivity contribution in [1.82, 2.24) is 4.98 Å². The summed E-state index contributed by atoms with van der Waals surface area (Å²) in [5.74, 6) is -1.70. The molecule has 1 aromatic carbocycles. The highest BCUT2D eigenvalue weighted by Crippen LogP contribution is 2.22. The molecule has 100 valence electrons. The van der Waals surface area contributed by atoms with Crippen molar-refractivity contribution in [3.05, 3.63) is 45.7 Å². The molecule has 19 heavy (non-hydrogen) atoms. The lowest BCUT2D eigenvalue weighted by Crippen LogP contribution is -2.19. The monoisotopic (exact) mass is 280 g/mol. The average molecular weight is 280 g/mol. The van der Waals surface area contributed by atoms with Gasteiger partial charge in [0, 0.05) is 12.4 Å². The first kappa shape index (κ1) is 13.5. The summed E-state index contributed by atoms with van der Waals surface area (Å²) >= 11 is 1.54. The van der Waals surface area contributed by atoms with Gasteiger partial charge in [0.05, 0.1) is 28.5 Å². The van der Waals surface area contributed by atoms with E-state index in [1.54, 1.807) is 23.3 Å². The Kier molecular flexibility index (Phi) is 3.80. The van der Waals surface area contributed by atoms with E-state index < -0.39 is 11.8 Å². The Labute approximate surface area is 114 Å². The van der Waals surface area contributed by atoms with Crippen LogP contribution in [0.15, 0.2) is 23.6 Å². The molecule has 0 radical (unpaired) electrons. The molecule has 0 aliphatic rings. The number of anilines is 1. The minimum absolute atomic E-state index is 0.0468. The number of aryl methyl sites for hydroxylation is 1. The SMILES string of the molecule is Cc1nc(CN(C)c2ccc(F)cc2C(=O)O)cs1. The molecular formula is C13H13FN2O2S. The Balaban J connectivity index is 2.28. The van der Waals surface area contributed by atoms with Crippen LogP contribution in [0, 0.1) is 12.7 Å². The molecule has 0 saturated carbocycles. The molecule has 0 unspecified atom stereocenters. The van der Waals surface area contributed by atoms with Gasteiger partial charge in [-0.15, -0.1) is 11.3 Å². The summed E-state index contributed by atoms with van der Waals surface area (Å²) in [6.07, 6.45) is 0. The van der Waals surface area contributed by atoms with E-state index in [1.807, 2.05) is 12.3 Å². The van der Waals surface area contributed by atoms with E-state index in [9.17, 15) is 9.18 Å². The van der Waals surface area contributed by atoms with Crippen LogP contribution < -0.4 is 4.90 Å². The lowest BCUT2D eigenvalue weighted by Gasteiger charge is -2.20. The first-order valence-electron chi connectivity index (χ1n) is 5.62. The number of halogens is 1. The van der Waals surface area contributed by atoms with Crippen molar-refractivity contribution in [1.29, 1.82) is 0 Å². The molecule has 1 N–H and O–H groups in total. The fourth-order valence-electron chi connectivity index (χ4n) is 1.82. The molecule has 0 saturated heterocycles. The first-order valence-corrected chi connectivity index (χ1v) is 6.50. The maximum atomic E-state index is 13.1. The Hall–Kier alpha value is -1.95. The number of carboxylic acids is 1. The Bertz CT molecular complexity index is 612. The summed E-state index contributed by atoms with van der Waals surface area (Å²) in [7, 11) is 1.76. The zero-order valence-electron chi connectivity index (χ0n) is 10.6. The fraction of sp³-hybridized carbons (Fsp3) is 0.231. The molecule has 0 aliphatic carbocycles. The van der Waals surface area contributed by atoms with Crippen molar-refractivity contribution in [3.8, 4) is 0 Å². The van der Waals surface area contributed by atoms with E-state index >= 15 is 0 Å². The summed E-state index contributed by atoms with van der Waals surface area (Å²) in [6, 6.07) is 3.75. The summed E-state index contributed by atoms with van der Waals surface area (Å²) in [6.45, 7) is 2.39. The molecule has 2 aromatic rings. The number of hydrogen-bond donors (Lipinski definition) is 1. The van der Waals surface area contributed by atoms with E-state index in [1.165, 1.54) is 12.1 Å². The fourth-order valence-corrected chi connectivity index (χ4v) is 2.43. The van der Waals surface area contributed by atoms with Crippen LogP contribution in [0.25, 0.3) is 0 Å². The smallest absolute Gasteiger partial charge is 0.337 e. The van der Waals surface area contributed by atoms with Gasteiger partial charge in [-0.25, -0.2) is 14.2 Å². The number of hydrogen-bond acceptors (Lipinski definition) is 4. The van der Waals surface area contributed by atoms with Crippen molar-refractivity contribution in [2.75, 3.05) is 11.9 Å². The van der Waals surface area contributed by atoms with Crippen LogP contribution >= 0.6 is 11.3 Å². The van der Waals surface area contributed by atoms with E-state index in [0.29, 0.717) is 12.2 Å². The van der Waals surface area contributed by atoms with Crippen molar-refractivity contribution in [2.45, 2.75) is 13.5 Å². The molecule has 2 rings (SSSR count). The van der Waals surface area contributed by atoms with Crippen LogP contribution in [-0.4, -0.2) is 23.1 Å². The summed E-state index contributed by atoms with van der Waals surface area (Å²) < 4.78 is 13.1. The van der Waals surface area contributed by atoms with Crippen LogP contribution in [0.4, 0.5) is 10.1 Å². The molecule has 4 nitrogen and oxygen atoms in total. The predicted octanol–water partition coefficient (Wildman–Crippen LogP) is 2.93. The van der Waals surface area contributed by atoms with Gasteiger partial charge in [-0.3, -0.25) is 0 Å². The van der Waals surface area contributed by atoms with Crippen molar-refractivity contribution in [2.24, 2.45) is 0 Å². The third-order valence-electron chi connectivity index (χ3n) is 2.67. The van der Waals surface area contributed by atoms with Crippen LogP contribution in [-0.2, 0) is 6.54 Å². The van der Waals surface area contributed by atoms with E-state index in [-0.39, 0.29) is 5.56 Å². The van der Waals surface area contributed by atoms with E-state index in [0.717, 1.165) is 16.8 Å². The Morgan fingerprint density at radius 1 is 1.53 bits per heavy atom. The van der Waals surface area contributed by atoms with Crippen LogP contribution in [0.1, 0.15) is 21.1 Å². The minimum atomic E-state index is -1.14. The second kappa shape index (κ2) is 5.36. The Morgan fingerprint density at radius 2 is 2.26 bits per heavy atom. The van der Waals surface area contributed by atoms with Crippen LogP contribution in [0.5, 0.6) is 0 Å². The largest absolute Gasteiger partial charge is 0.478 e. The molecule has 0 fully saturated rings. The maximum Gasteiger partial charge on any atom is 0.337 e.